The van der Waals surface area contributed by atoms with E-state index in [0.29, 0.717) is 23.8 Å². The maximum absolute atomic E-state index is 12.5. The fourth-order valence-corrected chi connectivity index (χ4v) is 4.79. The van der Waals surface area contributed by atoms with E-state index in [-0.39, 0.29) is 17.9 Å². The number of carbonyl (C=O) groups excluding carboxylic acids is 2. The zero-order chi connectivity index (χ0) is 21.6. The number of benzene rings is 1. The average Bonchev–Trinajstić information content (AvgIpc) is 3.52. The van der Waals surface area contributed by atoms with E-state index < -0.39 is 0 Å². The number of hydrogen-bond donors (Lipinski definition) is 2. The molecular weight excluding hydrogens is 434 g/mol. The molecule has 1 aliphatic rings. The molecule has 2 aromatic heterocycles. The van der Waals surface area contributed by atoms with E-state index in [1.165, 1.54) is 18.3 Å². The van der Waals surface area contributed by atoms with E-state index >= 15 is 0 Å². The number of anilines is 1. The molecule has 3 aromatic rings. The van der Waals surface area contributed by atoms with E-state index in [2.05, 4.69) is 15.6 Å². The molecule has 0 bridgehead atoms. The number of amides is 2. The van der Waals surface area contributed by atoms with E-state index in [9.17, 15) is 9.59 Å². The first-order valence-electron chi connectivity index (χ1n) is 10.0. The molecule has 1 saturated heterocycles. The summed E-state index contributed by atoms with van der Waals surface area (Å²) in [5, 5.41) is 8.08. The number of rotatable bonds is 8. The summed E-state index contributed by atoms with van der Waals surface area (Å²) in [5.74, 6) is 0.441. The normalized spacial score (nSPS) is 15.6. The van der Waals surface area contributed by atoms with Crippen molar-refractivity contribution in [3.63, 3.8) is 0 Å². The third kappa shape index (κ3) is 5.90. The lowest BCUT2D eigenvalue weighted by molar-refractivity contribution is -0.119. The molecular formula is C22H23N3O4S2. The van der Waals surface area contributed by atoms with Crippen molar-refractivity contribution in [2.45, 2.75) is 32.4 Å². The predicted octanol–water partition coefficient (Wildman–Crippen LogP) is 4.32. The number of ether oxygens (including phenoxy) is 2. The lowest BCUT2D eigenvalue weighted by Crippen LogP contribution is -2.17. The van der Waals surface area contributed by atoms with Gasteiger partial charge in [0, 0.05) is 29.4 Å². The first-order valence-corrected chi connectivity index (χ1v) is 11.7. The fraction of sp³-hybridized carbons (Fsp3) is 0.318. The van der Waals surface area contributed by atoms with Crippen LogP contribution in [0.2, 0.25) is 0 Å². The van der Waals surface area contributed by atoms with Gasteiger partial charge in [-0.3, -0.25) is 14.9 Å². The van der Waals surface area contributed by atoms with Crippen molar-refractivity contribution in [1.29, 1.82) is 0 Å². The zero-order valence-corrected chi connectivity index (χ0v) is 18.7. The van der Waals surface area contributed by atoms with Crippen LogP contribution in [0.15, 0.2) is 41.8 Å². The van der Waals surface area contributed by atoms with E-state index in [1.54, 1.807) is 35.6 Å². The molecule has 1 aromatic carbocycles. The molecule has 0 radical (unpaired) electrons. The molecule has 1 atom stereocenters. The van der Waals surface area contributed by atoms with Crippen LogP contribution < -0.4 is 15.4 Å². The number of thiophene rings is 1. The van der Waals surface area contributed by atoms with Crippen LogP contribution in [0.25, 0.3) is 10.6 Å². The third-order valence-corrected chi connectivity index (χ3v) is 6.59. The molecule has 3 heterocycles. The number of aromatic nitrogens is 1. The Kier molecular flexibility index (Phi) is 6.96. The van der Waals surface area contributed by atoms with Gasteiger partial charge >= 0.3 is 0 Å². The average molecular weight is 458 g/mol. The molecule has 1 aliphatic heterocycles. The minimum absolute atomic E-state index is 0.0592. The predicted molar refractivity (Wildman–Crippen MR) is 122 cm³/mol. The van der Waals surface area contributed by atoms with Crippen molar-refractivity contribution >= 4 is 39.6 Å². The Morgan fingerprint density at radius 1 is 1.23 bits per heavy atom. The molecule has 4 rings (SSSR count). The smallest absolute Gasteiger partial charge is 0.257 e. The van der Waals surface area contributed by atoms with Crippen LogP contribution in [0.4, 0.5) is 5.13 Å². The monoisotopic (exact) mass is 457 g/mol. The van der Waals surface area contributed by atoms with Crippen LogP contribution in [0.5, 0.6) is 5.75 Å². The highest BCUT2D eigenvalue weighted by Gasteiger charge is 2.16. The van der Waals surface area contributed by atoms with Gasteiger partial charge in [-0.25, -0.2) is 4.98 Å². The Morgan fingerprint density at radius 2 is 2.06 bits per heavy atom. The number of nitrogens with one attached hydrogen (secondary N) is 2. The molecule has 2 amide bonds. The van der Waals surface area contributed by atoms with Gasteiger partial charge in [-0.2, -0.15) is 0 Å². The third-order valence-electron chi connectivity index (χ3n) is 4.73. The second kappa shape index (κ2) is 10.0. The Labute approximate surface area is 188 Å². The van der Waals surface area contributed by atoms with Gasteiger partial charge in [0.1, 0.15) is 12.4 Å². The maximum Gasteiger partial charge on any atom is 0.257 e. The van der Waals surface area contributed by atoms with Crippen molar-refractivity contribution in [1.82, 2.24) is 10.3 Å². The molecule has 1 unspecified atom stereocenters. The summed E-state index contributed by atoms with van der Waals surface area (Å²) < 4.78 is 11.3. The molecule has 9 heteroatoms. The Balaban J connectivity index is 1.31. The first kappa shape index (κ1) is 21.5. The Bertz CT molecular complexity index is 1040. The van der Waals surface area contributed by atoms with Gasteiger partial charge < -0.3 is 14.8 Å². The van der Waals surface area contributed by atoms with Crippen molar-refractivity contribution in [3.05, 3.63) is 52.2 Å². The van der Waals surface area contributed by atoms with Crippen molar-refractivity contribution in [2.75, 3.05) is 18.5 Å². The number of hydrogen-bond acceptors (Lipinski definition) is 7. The molecule has 2 N–H and O–H groups in total. The summed E-state index contributed by atoms with van der Waals surface area (Å²) in [4.78, 5) is 30.2. The van der Waals surface area contributed by atoms with E-state index in [1.807, 2.05) is 17.5 Å². The highest BCUT2D eigenvalue weighted by Crippen LogP contribution is 2.31. The summed E-state index contributed by atoms with van der Waals surface area (Å²) >= 11 is 2.94. The van der Waals surface area contributed by atoms with Crippen LogP contribution in [-0.4, -0.2) is 36.1 Å². The second-order valence-electron chi connectivity index (χ2n) is 7.14. The zero-order valence-electron chi connectivity index (χ0n) is 17.1. The minimum Gasteiger partial charge on any atom is -0.491 e. The lowest BCUT2D eigenvalue weighted by atomic mass is 10.2. The SMILES string of the molecule is CC(=O)NCc1ccc(-c2csc(NC(=O)c3ccc(OCC4CCCO4)cc3)n2)s1. The molecule has 0 spiro atoms. The maximum atomic E-state index is 12.5. The van der Waals surface area contributed by atoms with E-state index in [4.69, 9.17) is 9.47 Å². The second-order valence-corrected chi connectivity index (χ2v) is 9.16. The van der Waals surface area contributed by atoms with Crippen LogP contribution in [-0.2, 0) is 16.1 Å². The topological polar surface area (TPSA) is 89.6 Å². The summed E-state index contributed by atoms with van der Waals surface area (Å²) in [5.41, 5.74) is 1.34. The minimum atomic E-state index is -0.218. The summed E-state index contributed by atoms with van der Waals surface area (Å²) in [6.45, 7) is 3.33. The van der Waals surface area contributed by atoms with Gasteiger partial charge in [0.2, 0.25) is 5.91 Å². The number of carbonyl (C=O) groups is 2. The van der Waals surface area contributed by atoms with Gasteiger partial charge in [0.25, 0.3) is 5.91 Å². The highest BCUT2D eigenvalue weighted by molar-refractivity contribution is 7.17. The molecule has 7 nitrogen and oxygen atoms in total. The van der Waals surface area contributed by atoms with Crippen LogP contribution >= 0.6 is 22.7 Å². The molecule has 162 valence electrons. The van der Waals surface area contributed by atoms with Gasteiger partial charge in [-0.05, 0) is 49.2 Å². The van der Waals surface area contributed by atoms with Gasteiger partial charge in [-0.15, -0.1) is 22.7 Å². The number of nitrogens with zero attached hydrogens (tertiary/aromatic N) is 1. The molecule has 0 saturated carbocycles. The van der Waals surface area contributed by atoms with Gasteiger partial charge in [0.05, 0.1) is 23.2 Å². The fourth-order valence-electron chi connectivity index (χ4n) is 3.10. The Morgan fingerprint density at radius 3 is 2.81 bits per heavy atom. The first-order chi connectivity index (χ1) is 15.1. The van der Waals surface area contributed by atoms with Crippen LogP contribution in [0.1, 0.15) is 35.0 Å². The van der Waals surface area contributed by atoms with Crippen molar-refractivity contribution < 1.29 is 19.1 Å². The standard InChI is InChI=1S/C22H23N3O4S2/c1-14(26)23-11-18-8-9-20(31-18)19-13-30-22(24-19)25-21(27)15-4-6-16(7-5-15)29-12-17-3-2-10-28-17/h4-9,13,17H,2-3,10-12H2,1H3,(H,23,26)(H,24,25,27). The van der Waals surface area contributed by atoms with Crippen LogP contribution in [0, 0.1) is 0 Å². The van der Waals surface area contributed by atoms with Gasteiger partial charge in [-0.1, -0.05) is 0 Å². The quantitative estimate of drug-likeness (QED) is 0.526. The summed E-state index contributed by atoms with van der Waals surface area (Å²) in [6, 6.07) is 11.0. The lowest BCUT2D eigenvalue weighted by Gasteiger charge is -2.11. The van der Waals surface area contributed by atoms with Crippen LogP contribution in [0.3, 0.4) is 0 Å². The summed E-state index contributed by atoms with van der Waals surface area (Å²) in [6.07, 6.45) is 2.27. The van der Waals surface area contributed by atoms with E-state index in [0.717, 1.165) is 40.6 Å². The Hall–Kier alpha value is -2.75. The molecule has 0 aliphatic carbocycles. The van der Waals surface area contributed by atoms with Crippen molar-refractivity contribution in [3.8, 4) is 16.3 Å². The molecule has 1 fully saturated rings. The van der Waals surface area contributed by atoms with Gasteiger partial charge in [0.15, 0.2) is 5.13 Å². The summed E-state index contributed by atoms with van der Waals surface area (Å²) in [7, 11) is 0. The largest absolute Gasteiger partial charge is 0.491 e. The van der Waals surface area contributed by atoms with Crippen molar-refractivity contribution in [2.24, 2.45) is 0 Å². The molecule has 31 heavy (non-hydrogen) atoms. The highest BCUT2D eigenvalue weighted by atomic mass is 32.1. The number of thiazole rings is 1.